The molecule has 1 aromatic heterocycles. The third-order valence-electron chi connectivity index (χ3n) is 1.28. The lowest BCUT2D eigenvalue weighted by Gasteiger charge is -1.95. The van der Waals surface area contributed by atoms with Crippen molar-refractivity contribution in [2.45, 2.75) is 12.7 Å². The number of hydrogen-bond donors (Lipinski definition) is 1. The summed E-state index contributed by atoms with van der Waals surface area (Å²) >= 11 is 3.11. The van der Waals surface area contributed by atoms with E-state index in [1.807, 2.05) is 6.92 Å². The molecule has 0 atom stereocenters. The van der Waals surface area contributed by atoms with Gasteiger partial charge < -0.3 is 5.11 Å². The summed E-state index contributed by atoms with van der Waals surface area (Å²) in [4.78, 5) is 15.2. The molecule has 12 heavy (non-hydrogen) atoms. The number of carboxylic acids is 1. The second kappa shape index (κ2) is 4.47. The second-order valence-electron chi connectivity index (χ2n) is 2.07. The van der Waals surface area contributed by atoms with Gasteiger partial charge in [0.05, 0.1) is 5.51 Å². The van der Waals surface area contributed by atoms with Gasteiger partial charge in [-0.2, -0.15) is 11.8 Å². The summed E-state index contributed by atoms with van der Waals surface area (Å²) in [5.41, 5.74) is 1.79. The minimum Gasteiger partial charge on any atom is -0.476 e. The maximum Gasteiger partial charge on any atom is 0.355 e. The first-order valence-corrected chi connectivity index (χ1v) is 5.52. The fourth-order valence-electron chi connectivity index (χ4n) is 0.742. The highest BCUT2D eigenvalue weighted by Gasteiger charge is 2.12. The topological polar surface area (TPSA) is 50.2 Å². The number of aromatic nitrogens is 1. The summed E-state index contributed by atoms with van der Waals surface area (Å²) < 4.78 is 0. The Morgan fingerprint density at radius 1 is 1.83 bits per heavy atom. The summed E-state index contributed by atoms with van der Waals surface area (Å²) in [5, 5.41) is 8.69. The molecule has 0 aromatic carbocycles. The summed E-state index contributed by atoms with van der Waals surface area (Å²) in [7, 11) is 0. The minimum absolute atomic E-state index is 0.209. The van der Waals surface area contributed by atoms with Gasteiger partial charge >= 0.3 is 5.97 Å². The quantitative estimate of drug-likeness (QED) is 0.814. The van der Waals surface area contributed by atoms with E-state index in [9.17, 15) is 4.79 Å². The van der Waals surface area contributed by atoms with Crippen LogP contribution in [0.4, 0.5) is 0 Å². The highest BCUT2D eigenvalue weighted by molar-refractivity contribution is 7.98. The average molecular weight is 203 g/mol. The molecule has 1 rings (SSSR count). The van der Waals surface area contributed by atoms with Gasteiger partial charge in [-0.05, 0) is 5.75 Å². The molecule has 0 spiro atoms. The third kappa shape index (κ3) is 2.22. The van der Waals surface area contributed by atoms with Crippen LogP contribution in [0.1, 0.15) is 22.3 Å². The van der Waals surface area contributed by atoms with Crippen LogP contribution in [0.2, 0.25) is 0 Å². The van der Waals surface area contributed by atoms with Crippen molar-refractivity contribution >= 4 is 29.1 Å². The van der Waals surface area contributed by atoms with Crippen molar-refractivity contribution < 1.29 is 9.90 Å². The van der Waals surface area contributed by atoms with E-state index >= 15 is 0 Å². The molecule has 0 bridgehead atoms. The zero-order valence-electron chi connectivity index (χ0n) is 6.61. The van der Waals surface area contributed by atoms with Crippen molar-refractivity contribution in [1.82, 2.24) is 4.98 Å². The molecular formula is C7H9NO2S2. The van der Waals surface area contributed by atoms with Gasteiger partial charge in [0, 0.05) is 10.6 Å². The van der Waals surface area contributed by atoms with E-state index in [-0.39, 0.29) is 5.69 Å². The van der Waals surface area contributed by atoms with E-state index in [0.29, 0.717) is 0 Å². The van der Waals surface area contributed by atoms with E-state index in [4.69, 9.17) is 5.11 Å². The van der Waals surface area contributed by atoms with Crippen LogP contribution in [0.3, 0.4) is 0 Å². The first-order chi connectivity index (χ1) is 5.75. The highest BCUT2D eigenvalue weighted by atomic mass is 32.2. The Morgan fingerprint density at radius 2 is 2.58 bits per heavy atom. The number of thioether (sulfide) groups is 1. The van der Waals surface area contributed by atoms with Crippen LogP contribution in [-0.2, 0) is 5.75 Å². The lowest BCUT2D eigenvalue weighted by Crippen LogP contribution is -1.99. The van der Waals surface area contributed by atoms with Crippen LogP contribution < -0.4 is 0 Å². The average Bonchev–Trinajstić information content (AvgIpc) is 2.48. The monoisotopic (exact) mass is 203 g/mol. The number of hydrogen-bond acceptors (Lipinski definition) is 4. The molecule has 1 heterocycles. The van der Waals surface area contributed by atoms with Crippen LogP contribution in [0.5, 0.6) is 0 Å². The molecule has 0 unspecified atom stereocenters. The maximum atomic E-state index is 10.6. The summed E-state index contributed by atoms with van der Waals surface area (Å²) in [6.45, 7) is 2.05. The zero-order valence-corrected chi connectivity index (χ0v) is 8.24. The SMILES string of the molecule is CCSCc1scnc1C(=O)O. The Balaban J connectivity index is 2.70. The Hall–Kier alpha value is -0.550. The standard InChI is InChI=1S/C7H9NO2S2/c1-2-11-3-5-6(7(9)10)8-4-12-5/h4H,2-3H2,1H3,(H,9,10). The van der Waals surface area contributed by atoms with Gasteiger partial charge in [0.2, 0.25) is 0 Å². The fourth-order valence-corrected chi connectivity index (χ4v) is 2.33. The van der Waals surface area contributed by atoms with E-state index < -0.39 is 5.97 Å². The number of carboxylic acid groups (broad SMARTS) is 1. The van der Waals surface area contributed by atoms with Gasteiger partial charge in [0.25, 0.3) is 0 Å². The van der Waals surface area contributed by atoms with Crippen molar-refractivity contribution in [2.24, 2.45) is 0 Å². The van der Waals surface area contributed by atoms with Crippen LogP contribution in [0.25, 0.3) is 0 Å². The van der Waals surface area contributed by atoms with Crippen LogP contribution in [0, 0.1) is 0 Å². The molecule has 0 aliphatic rings. The van der Waals surface area contributed by atoms with Gasteiger partial charge in [0.1, 0.15) is 0 Å². The molecule has 0 saturated carbocycles. The molecule has 5 heteroatoms. The predicted octanol–water partition coefficient (Wildman–Crippen LogP) is 2.09. The fraction of sp³-hybridized carbons (Fsp3) is 0.429. The second-order valence-corrected chi connectivity index (χ2v) is 4.28. The summed E-state index contributed by atoms with van der Waals surface area (Å²) in [6, 6.07) is 0. The first kappa shape index (κ1) is 9.54. The van der Waals surface area contributed by atoms with Gasteiger partial charge in [-0.1, -0.05) is 6.92 Å². The molecule has 1 aromatic rings. The molecule has 1 N–H and O–H groups in total. The molecule has 0 amide bonds. The molecule has 0 aliphatic carbocycles. The maximum absolute atomic E-state index is 10.6. The van der Waals surface area contributed by atoms with E-state index in [0.717, 1.165) is 16.4 Å². The Bertz CT molecular complexity index is 272. The Morgan fingerprint density at radius 3 is 3.17 bits per heavy atom. The molecule has 0 aliphatic heterocycles. The summed E-state index contributed by atoms with van der Waals surface area (Å²) in [6.07, 6.45) is 0. The van der Waals surface area contributed by atoms with Crippen molar-refractivity contribution in [3.8, 4) is 0 Å². The van der Waals surface area contributed by atoms with Gasteiger partial charge in [-0.25, -0.2) is 9.78 Å². The lowest BCUT2D eigenvalue weighted by atomic mass is 10.4. The van der Waals surface area contributed by atoms with Crippen molar-refractivity contribution in [2.75, 3.05) is 5.75 Å². The normalized spacial score (nSPS) is 10.1. The number of nitrogens with zero attached hydrogens (tertiary/aromatic N) is 1. The molecule has 3 nitrogen and oxygen atoms in total. The predicted molar refractivity (Wildman–Crippen MR) is 50.9 cm³/mol. The Kier molecular flexibility index (Phi) is 3.55. The smallest absolute Gasteiger partial charge is 0.355 e. The van der Waals surface area contributed by atoms with Crippen molar-refractivity contribution in [3.63, 3.8) is 0 Å². The molecule has 0 radical (unpaired) electrons. The summed E-state index contributed by atoms with van der Waals surface area (Å²) in [5.74, 6) is 0.822. The van der Waals surface area contributed by atoms with Crippen LogP contribution >= 0.6 is 23.1 Å². The highest BCUT2D eigenvalue weighted by Crippen LogP contribution is 2.19. The molecule has 66 valence electrons. The molecular weight excluding hydrogens is 194 g/mol. The molecule has 0 fully saturated rings. The zero-order chi connectivity index (χ0) is 8.97. The van der Waals surface area contributed by atoms with E-state index in [1.165, 1.54) is 11.3 Å². The van der Waals surface area contributed by atoms with Crippen molar-refractivity contribution in [1.29, 1.82) is 0 Å². The number of rotatable bonds is 4. The Labute approximate surface area is 78.8 Å². The number of aromatic carboxylic acids is 1. The van der Waals surface area contributed by atoms with Gasteiger partial charge in [-0.15, -0.1) is 11.3 Å². The van der Waals surface area contributed by atoms with Gasteiger partial charge in [-0.3, -0.25) is 0 Å². The van der Waals surface area contributed by atoms with Crippen molar-refractivity contribution in [3.05, 3.63) is 16.1 Å². The lowest BCUT2D eigenvalue weighted by molar-refractivity contribution is 0.0690. The van der Waals surface area contributed by atoms with Gasteiger partial charge in [0.15, 0.2) is 5.69 Å². The third-order valence-corrected chi connectivity index (χ3v) is 3.20. The minimum atomic E-state index is -0.928. The van der Waals surface area contributed by atoms with E-state index in [1.54, 1.807) is 17.3 Å². The number of carbonyl (C=O) groups is 1. The number of thiazole rings is 1. The van der Waals surface area contributed by atoms with E-state index in [2.05, 4.69) is 4.98 Å². The largest absolute Gasteiger partial charge is 0.476 e. The first-order valence-electron chi connectivity index (χ1n) is 3.49. The van der Waals surface area contributed by atoms with Crippen LogP contribution in [0.15, 0.2) is 5.51 Å². The van der Waals surface area contributed by atoms with Crippen LogP contribution in [-0.4, -0.2) is 21.8 Å². The molecule has 0 saturated heterocycles.